The number of rotatable bonds is 4. The molecule has 0 bridgehead atoms. The van der Waals surface area contributed by atoms with Gasteiger partial charge in [-0.15, -0.1) is 0 Å². The van der Waals surface area contributed by atoms with Crippen molar-refractivity contribution in [3.8, 4) is 0 Å². The van der Waals surface area contributed by atoms with Crippen molar-refractivity contribution in [2.45, 2.75) is 45.1 Å². The van der Waals surface area contributed by atoms with Crippen molar-refractivity contribution in [1.29, 1.82) is 0 Å². The van der Waals surface area contributed by atoms with Crippen LogP contribution in [0.5, 0.6) is 0 Å². The molecule has 3 heteroatoms. The lowest BCUT2D eigenvalue weighted by molar-refractivity contribution is -0.142. The molecule has 1 aliphatic carbocycles. The number of aliphatic carboxylic acids is 1. The first-order valence-electron chi connectivity index (χ1n) is 4.87. The summed E-state index contributed by atoms with van der Waals surface area (Å²) in [5.74, 6) is 0.366. The summed E-state index contributed by atoms with van der Waals surface area (Å²) in [6.07, 6.45) is 2.04. The fourth-order valence-corrected chi connectivity index (χ4v) is 1.93. The Labute approximate surface area is 78.8 Å². The van der Waals surface area contributed by atoms with Crippen molar-refractivity contribution >= 4 is 5.97 Å². The highest BCUT2D eigenvalue weighted by Crippen LogP contribution is 2.44. The third-order valence-corrected chi connectivity index (χ3v) is 3.03. The topological polar surface area (TPSA) is 57.5 Å². The number of carboxylic acid groups (broad SMARTS) is 1. The van der Waals surface area contributed by atoms with Gasteiger partial charge in [0.1, 0.15) is 0 Å². The molecule has 0 heterocycles. The molecular weight excluding hydrogens is 168 g/mol. The quantitative estimate of drug-likeness (QED) is 0.701. The highest BCUT2D eigenvalue weighted by Gasteiger charge is 2.43. The third kappa shape index (κ3) is 2.69. The van der Waals surface area contributed by atoms with E-state index in [0.717, 1.165) is 12.8 Å². The van der Waals surface area contributed by atoms with E-state index in [9.17, 15) is 9.90 Å². The summed E-state index contributed by atoms with van der Waals surface area (Å²) in [6.45, 7) is 4.28. The molecule has 0 unspecified atom stereocenters. The number of hydrogen-bond donors (Lipinski definition) is 2. The van der Waals surface area contributed by atoms with Crippen LogP contribution in [0.3, 0.4) is 0 Å². The lowest BCUT2D eigenvalue weighted by atomic mass is 9.64. The Morgan fingerprint density at radius 3 is 2.46 bits per heavy atom. The maximum atomic E-state index is 10.3. The Kier molecular flexibility index (Phi) is 2.96. The molecule has 0 atom stereocenters. The molecule has 1 saturated carbocycles. The third-order valence-electron chi connectivity index (χ3n) is 3.03. The fraction of sp³-hybridized carbons (Fsp3) is 0.900. The van der Waals surface area contributed by atoms with Crippen LogP contribution in [0.2, 0.25) is 0 Å². The maximum absolute atomic E-state index is 10.3. The minimum atomic E-state index is -0.818. The minimum absolute atomic E-state index is 0.0846. The molecule has 0 aromatic carbocycles. The van der Waals surface area contributed by atoms with E-state index in [4.69, 9.17) is 5.11 Å². The summed E-state index contributed by atoms with van der Waals surface area (Å²) in [5.41, 5.74) is -0.673. The van der Waals surface area contributed by atoms with Gasteiger partial charge in [0.05, 0.1) is 5.60 Å². The molecule has 0 saturated heterocycles. The molecule has 76 valence electrons. The lowest BCUT2D eigenvalue weighted by Gasteiger charge is -2.45. The molecule has 1 aliphatic rings. The van der Waals surface area contributed by atoms with Gasteiger partial charge in [-0.3, -0.25) is 4.79 Å². The van der Waals surface area contributed by atoms with Gasteiger partial charge in [0.15, 0.2) is 0 Å². The van der Waals surface area contributed by atoms with Crippen LogP contribution in [0.15, 0.2) is 0 Å². The lowest BCUT2D eigenvalue weighted by Crippen LogP contribution is -2.45. The summed E-state index contributed by atoms with van der Waals surface area (Å²) in [6, 6.07) is 0. The fourth-order valence-electron chi connectivity index (χ4n) is 1.93. The van der Waals surface area contributed by atoms with E-state index in [2.05, 4.69) is 13.8 Å². The Balaban J connectivity index is 2.25. The normalized spacial score (nSPS) is 33.1. The number of aliphatic hydroxyl groups is 1. The standard InChI is InChI=1S/C10H18O3/c1-7(2)8-5-10(13,6-8)4-3-9(11)12/h7-8,13H,3-6H2,1-2H3,(H,11,12). The predicted molar refractivity (Wildman–Crippen MR) is 49.4 cm³/mol. The van der Waals surface area contributed by atoms with Gasteiger partial charge in [-0.05, 0) is 31.1 Å². The van der Waals surface area contributed by atoms with Gasteiger partial charge in [-0.1, -0.05) is 13.8 Å². The van der Waals surface area contributed by atoms with Gasteiger partial charge < -0.3 is 10.2 Å². The van der Waals surface area contributed by atoms with Crippen molar-refractivity contribution < 1.29 is 15.0 Å². The summed E-state index contributed by atoms with van der Waals surface area (Å²) < 4.78 is 0. The first-order valence-corrected chi connectivity index (χ1v) is 4.87. The van der Waals surface area contributed by atoms with E-state index < -0.39 is 11.6 Å². The van der Waals surface area contributed by atoms with Gasteiger partial charge in [0, 0.05) is 6.42 Å². The molecule has 3 nitrogen and oxygen atoms in total. The Morgan fingerprint density at radius 1 is 1.54 bits per heavy atom. The van der Waals surface area contributed by atoms with Crippen LogP contribution >= 0.6 is 0 Å². The zero-order chi connectivity index (χ0) is 10.1. The first-order chi connectivity index (χ1) is 5.93. The van der Waals surface area contributed by atoms with E-state index in [-0.39, 0.29) is 6.42 Å². The van der Waals surface area contributed by atoms with Gasteiger partial charge in [-0.25, -0.2) is 0 Å². The average Bonchev–Trinajstić information content (AvgIpc) is 1.95. The second kappa shape index (κ2) is 3.66. The molecule has 1 fully saturated rings. The molecule has 0 aliphatic heterocycles. The molecule has 0 aromatic rings. The van der Waals surface area contributed by atoms with E-state index in [0.29, 0.717) is 18.3 Å². The van der Waals surface area contributed by atoms with Crippen LogP contribution in [0, 0.1) is 11.8 Å². The van der Waals surface area contributed by atoms with Gasteiger partial charge in [0.2, 0.25) is 0 Å². The zero-order valence-electron chi connectivity index (χ0n) is 8.29. The molecular formula is C10H18O3. The molecule has 0 spiro atoms. The monoisotopic (exact) mass is 186 g/mol. The largest absolute Gasteiger partial charge is 0.481 e. The van der Waals surface area contributed by atoms with Crippen LogP contribution < -0.4 is 0 Å². The summed E-state index contributed by atoms with van der Waals surface area (Å²) in [4.78, 5) is 10.3. The van der Waals surface area contributed by atoms with Crippen LogP contribution in [-0.2, 0) is 4.79 Å². The van der Waals surface area contributed by atoms with Crippen molar-refractivity contribution in [1.82, 2.24) is 0 Å². The Morgan fingerprint density at radius 2 is 2.08 bits per heavy atom. The van der Waals surface area contributed by atoms with Crippen LogP contribution in [0.4, 0.5) is 0 Å². The smallest absolute Gasteiger partial charge is 0.303 e. The summed E-state index contributed by atoms with van der Waals surface area (Å²) in [7, 11) is 0. The van der Waals surface area contributed by atoms with Crippen molar-refractivity contribution in [3.05, 3.63) is 0 Å². The number of hydrogen-bond acceptors (Lipinski definition) is 2. The maximum Gasteiger partial charge on any atom is 0.303 e. The number of carboxylic acids is 1. The molecule has 2 N–H and O–H groups in total. The highest BCUT2D eigenvalue weighted by atomic mass is 16.4. The van der Waals surface area contributed by atoms with Crippen LogP contribution in [0.1, 0.15) is 39.5 Å². The van der Waals surface area contributed by atoms with Gasteiger partial charge in [0.25, 0.3) is 0 Å². The predicted octanol–water partition coefficient (Wildman–Crippen LogP) is 1.65. The Hall–Kier alpha value is -0.570. The Bertz CT molecular complexity index is 192. The average molecular weight is 186 g/mol. The first kappa shape index (κ1) is 10.5. The van der Waals surface area contributed by atoms with Crippen molar-refractivity contribution in [3.63, 3.8) is 0 Å². The molecule has 0 amide bonds. The molecule has 1 rings (SSSR count). The highest BCUT2D eigenvalue weighted by molar-refractivity contribution is 5.66. The van der Waals surface area contributed by atoms with E-state index >= 15 is 0 Å². The second-order valence-electron chi connectivity index (χ2n) is 4.53. The van der Waals surface area contributed by atoms with Gasteiger partial charge >= 0.3 is 5.97 Å². The van der Waals surface area contributed by atoms with Crippen LogP contribution in [0.25, 0.3) is 0 Å². The SMILES string of the molecule is CC(C)C1CC(O)(CCC(=O)O)C1. The summed E-state index contributed by atoms with van der Waals surface area (Å²) in [5, 5.41) is 18.3. The number of carbonyl (C=O) groups is 1. The summed E-state index contributed by atoms with van der Waals surface area (Å²) >= 11 is 0. The van der Waals surface area contributed by atoms with E-state index in [1.165, 1.54) is 0 Å². The van der Waals surface area contributed by atoms with E-state index in [1.54, 1.807) is 0 Å². The molecule has 0 aromatic heterocycles. The van der Waals surface area contributed by atoms with Crippen molar-refractivity contribution in [2.24, 2.45) is 11.8 Å². The second-order valence-corrected chi connectivity index (χ2v) is 4.53. The molecule has 0 radical (unpaired) electrons. The van der Waals surface area contributed by atoms with Crippen LogP contribution in [-0.4, -0.2) is 21.8 Å². The van der Waals surface area contributed by atoms with Crippen molar-refractivity contribution in [2.75, 3.05) is 0 Å². The van der Waals surface area contributed by atoms with Gasteiger partial charge in [-0.2, -0.15) is 0 Å². The molecule has 13 heavy (non-hydrogen) atoms. The minimum Gasteiger partial charge on any atom is -0.481 e. The van der Waals surface area contributed by atoms with E-state index in [1.807, 2.05) is 0 Å². The zero-order valence-corrected chi connectivity index (χ0v) is 8.29.